The van der Waals surface area contributed by atoms with E-state index in [9.17, 15) is 14.0 Å². The number of benzene rings is 2. The van der Waals surface area contributed by atoms with Crippen LogP contribution < -0.4 is 10.9 Å². The zero-order valence-electron chi connectivity index (χ0n) is 17.4. The predicted octanol–water partition coefficient (Wildman–Crippen LogP) is 4.25. The molecule has 0 saturated heterocycles. The van der Waals surface area contributed by atoms with Crippen molar-refractivity contribution in [3.05, 3.63) is 75.5 Å². The van der Waals surface area contributed by atoms with Crippen molar-refractivity contribution in [3.8, 4) is 0 Å². The van der Waals surface area contributed by atoms with Gasteiger partial charge in [-0.3, -0.25) is 14.2 Å². The average Bonchev–Trinajstić information content (AvgIpc) is 3.38. The molecule has 0 spiro atoms. The minimum absolute atomic E-state index is 0.0326. The smallest absolute Gasteiger partial charge is 0.278 e. The summed E-state index contributed by atoms with van der Waals surface area (Å²) in [6.45, 7) is 0.209. The van der Waals surface area contributed by atoms with E-state index in [1.54, 1.807) is 16.7 Å². The molecule has 1 amide bonds. The minimum Gasteiger partial charge on any atom is -0.352 e. The van der Waals surface area contributed by atoms with Gasteiger partial charge in [-0.1, -0.05) is 42.6 Å². The van der Waals surface area contributed by atoms with Gasteiger partial charge in [0.15, 0.2) is 0 Å². The van der Waals surface area contributed by atoms with E-state index >= 15 is 0 Å². The maximum absolute atomic E-state index is 14.0. The summed E-state index contributed by atoms with van der Waals surface area (Å²) in [5, 5.41) is 4.12. The van der Waals surface area contributed by atoms with Gasteiger partial charge in [0.2, 0.25) is 5.91 Å². The second kappa shape index (κ2) is 8.39. The zero-order chi connectivity index (χ0) is 22.2. The fraction of sp³-hybridized carbons (Fsp3) is 0.292. The highest BCUT2D eigenvalue weighted by molar-refractivity contribution is 6.31. The fourth-order valence-corrected chi connectivity index (χ4v) is 4.74. The summed E-state index contributed by atoms with van der Waals surface area (Å²) in [6.07, 6.45) is 5.60. The summed E-state index contributed by atoms with van der Waals surface area (Å²) in [7, 11) is 0. The van der Waals surface area contributed by atoms with Gasteiger partial charge in [-0.15, -0.1) is 0 Å². The number of carbonyl (C=O) groups excluding carboxylic acids is 1. The lowest BCUT2D eigenvalue weighted by Crippen LogP contribution is -2.35. The van der Waals surface area contributed by atoms with Crippen LogP contribution >= 0.6 is 11.6 Å². The molecule has 5 rings (SSSR count). The lowest BCUT2D eigenvalue weighted by atomic mass is 10.2. The molecule has 1 aliphatic rings. The Morgan fingerprint density at radius 2 is 1.97 bits per heavy atom. The van der Waals surface area contributed by atoms with Crippen molar-refractivity contribution in [2.75, 3.05) is 0 Å². The molecule has 6 nitrogen and oxygen atoms in total. The SMILES string of the molecule is O=C(Cn1c2ccc(F)cc2c2ncn(Cc3ccccc3Cl)c(=O)c21)NC1CCCC1. The first-order valence-electron chi connectivity index (χ1n) is 10.7. The van der Waals surface area contributed by atoms with E-state index in [1.165, 1.54) is 23.0 Å². The standard InChI is InChI=1S/C24H22ClFN4O2/c25-19-8-4-1-5-15(19)12-29-14-27-22-18-11-16(26)9-10-20(18)30(23(22)24(29)32)13-21(31)28-17-6-2-3-7-17/h1,4-5,8-11,14,17H,2-3,6-7,12-13H2,(H,28,31). The molecule has 0 bridgehead atoms. The molecule has 4 aromatic rings. The average molecular weight is 453 g/mol. The lowest BCUT2D eigenvalue weighted by molar-refractivity contribution is -0.122. The Balaban J connectivity index is 1.61. The number of hydrogen-bond acceptors (Lipinski definition) is 3. The number of nitrogens with one attached hydrogen (secondary N) is 1. The van der Waals surface area contributed by atoms with E-state index < -0.39 is 5.82 Å². The summed E-state index contributed by atoms with van der Waals surface area (Å²) in [6, 6.07) is 11.7. The maximum atomic E-state index is 14.0. The molecule has 164 valence electrons. The van der Waals surface area contributed by atoms with Crippen LogP contribution in [0.15, 0.2) is 53.6 Å². The van der Waals surface area contributed by atoms with Crippen molar-refractivity contribution < 1.29 is 9.18 Å². The first-order valence-corrected chi connectivity index (χ1v) is 11.1. The molecule has 0 unspecified atom stereocenters. The van der Waals surface area contributed by atoms with Crippen molar-refractivity contribution in [1.82, 2.24) is 19.4 Å². The van der Waals surface area contributed by atoms with Gasteiger partial charge in [0, 0.05) is 16.5 Å². The van der Waals surface area contributed by atoms with Gasteiger partial charge in [-0.25, -0.2) is 9.37 Å². The number of aromatic nitrogens is 3. The normalized spacial score (nSPS) is 14.4. The number of carbonyl (C=O) groups is 1. The fourth-order valence-electron chi connectivity index (χ4n) is 4.55. The first-order chi connectivity index (χ1) is 15.5. The Bertz CT molecular complexity index is 1390. The molecule has 0 aliphatic heterocycles. The molecular weight excluding hydrogens is 431 g/mol. The molecule has 1 fully saturated rings. The second-order valence-corrected chi connectivity index (χ2v) is 8.67. The highest BCUT2D eigenvalue weighted by atomic mass is 35.5. The highest BCUT2D eigenvalue weighted by Gasteiger charge is 2.21. The third-order valence-electron chi connectivity index (χ3n) is 6.11. The highest BCUT2D eigenvalue weighted by Crippen LogP contribution is 2.27. The Morgan fingerprint density at radius 3 is 2.75 bits per heavy atom. The monoisotopic (exact) mass is 452 g/mol. The summed E-state index contributed by atoms with van der Waals surface area (Å²) in [4.78, 5) is 30.7. The lowest BCUT2D eigenvalue weighted by Gasteiger charge is -2.14. The van der Waals surface area contributed by atoms with Gasteiger partial charge < -0.3 is 9.88 Å². The van der Waals surface area contributed by atoms with Crippen LogP contribution in [0.5, 0.6) is 0 Å². The van der Waals surface area contributed by atoms with E-state index in [0.717, 1.165) is 31.2 Å². The Kier molecular flexibility index (Phi) is 5.43. The largest absolute Gasteiger partial charge is 0.352 e. The number of halogens is 2. The van der Waals surface area contributed by atoms with Gasteiger partial charge in [0.1, 0.15) is 23.4 Å². The second-order valence-electron chi connectivity index (χ2n) is 8.26. The number of fused-ring (bicyclic) bond motifs is 3. The third-order valence-corrected chi connectivity index (χ3v) is 6.48. The molecule has 32 heavy (non-hydrogen) atoms. The van der Waals surface area contributed by atoms with Crippen LogP contribution in [0.3, 0.4) is 0 Å². The van der Waals surface area contributed by atoms with Crippen LogP contribution in [0, 0.1) is 5.82 Å². The number of nitrogens with zero attached hydrogens (tertiary/aromatic N) is 3. The topological polar surface area (TPSA) is 68.9 Å². The van der Waals surface area contributed by atoms with Crippen molar-refractivity contribution >= 4 is 39.4 Å². The van der Waals surface area contributed by atoms with Crippen LogP contribution in [0.2, 0.25) is 5.02 Å². The molecule has 1 N–H and O–H groups in total. The van der Waals surface area contributed by atoms with Gasteiger partial charge in [-0.2, -0.15) is 0 Å². The van der Waals surface area contributed by atoms with Crippen LogP contribution in [-0.4, -0.2) is 26.1 Å². The van der Waals surface area contributed by atoms with Crippen molar-refractivity contribution in [2.24, 2.45) is 0 Å². The molecule has 0 atom stereocenters. The first kappa shape index (κ1) is 20.7. The molecule has 2 aromatic carbocycles. The van der Waals surface area contributed by atoms with E-state index in [2.05, 4.69) is 10.3 Å². The number of amides is 1. The van der Waals surface area contributed by atoms with Crippen molar-refractivity contribution in [1.29, 1.82) is 0 Å². The molecule has 0 radical (unpaired) electrons. The Hall–Kier alpha value is -3.19. The van der Waals surface area contributed by atoms with E-state index in [-0.39, 0.29) is 36.1 Å². The van der Waals surface area contributed by atoms with Crippen LogP contribution in [0.4, 0.5) is 4.39 Å². The third kappa shape index (κ3) is 3.77. The van der Waals surface area contributed by atoms with Gasteiger partial charge in [-0.05, 0) is 42.7 Å². The molecule has 1 aliphatic carbocycles. The van der Waals surface area contributed by atoms with Gasteiger partial charge in [0.05, 0.1) is 18.4 Å². The number of hydrogen-bond donors (Lipinski definition) is 1. The predicted molar refractivity (Wildman–Crippen MR) is 122 cm³/mol. The minimum atomic E-state index is -0.422. The van der Waals surface area contributed by atoms with Crippen LogP contribution in [0.25, 0.3) is 21.9 Å². The molecule has 2 aromatic heterocycles. The summed E-state index contributed by atoms with van der Waals surface area (Å²) in [5.74, 6) is -0.588. The summed E-state index contributed by atoms with van der Waals surface area (Å²) >= 11 is 6.27. The maximum Gasteiger partial charge on any atom is 0.278 e. The van der Waals surface area contributed by atoms with Crippen molar-refractivity contribution in [2.45, 2.75) is 44.8 Å². The number of rotatable bonds is 5. The van der Waals surface area contributed by atoms with Gasteiger partial charge in [0.25, 0.3) is 5.56 Å². The summed E-state index contributed by atoms with van der Waals surface area (Å²) in [5.41, 5.74) is 1.74. The summed E-state index contributed by atoms with van der Waals surface area (Å²) < 4.78 is 17.1. The van der Waals surface area contributed by atoms with E-state index in [0.29, 0.717) is 21.4 Å². The zero-order valence-corrected chi connectivity index (χ0v) is 18.1. The van der Waals surface area contributed by atoms with Gasteiger partial charge >= 0.3 is 0 Å². The van der Waals surface area contributed by atoms with Crippen LogP contribution in [0.1, 0.15) is 31.2 Å². The quantitative estimate of drug-likeness (QED) is 0.492. The Labute approximate surface area is 188 Å². The van der Waals surface area contributed by atoms with E-state index in [1.807, 2.05) is 18.2 Å². The molecule has 2 heterocycles. The van der Waals surface area contributed by atoms with Crippen LogP contribution in [-0.2, 0) is 17.9 Å². The Morgan fingerprint density at radius 1 is 1.19 bits per heavy atom. The van der Waals surface area contributed by atoms with E-state index in [4.69, 9.17) is 11.6 Å². The molecule has 8 heteroatoms. The molecular formula is C24H22ClFN4O2. The molecule has 1 saturated carbocycles. The van der Waals surface area contributed by atoms with Crippen molar-refractivity contribution in [3.63, 3.8) is 0 Å².